The number of carbonyl (C=O) groups excluding carboxylic acids is 1. The van der Waals surface area contributed by atoms with Gasteiger partial charge in [-0.2, -0.15) is 0 Å². The third-order valence-electron chi connectivity index (χ3n) is 3.55. The Morgan fingerprint density at radius 2 is 1.74 bits per heavy atom. The summed E-state index contributed by atoms with van der Waals surface area (Å²) in [5, 5.41) is 3.39. The highest BCUT2D eigenvalue weighted by atomic mass is 35.5. The second kappa shape index (κ2) is 8.31. The minimum absolute atomic E-state index is 0.121. The molecule has 0 fully saturated rings. The predicted molar refractivity (Wildman–Crippen MR) is 109 cm³/mol. The summed E-state index contributed by atoms with van der Waals surface area (Å²) >= 11 is 12.7. The van der Waals surface area contributed by atoms with Gasteiger partial charge in [0.05, 0.1) is 4.34 Å². The van der Waals surface area contributed by atoms with Gasteiger partial charge in [-0.25, -0.2) is 8.42 Å². The maximum Gasteiger partial charge on any atom is 0.271 e. The quantitative estimate of drug-likeness (QED) is 0.578. The number of amides is 1. The Morgan fingerprint density at radius 3 is 2.37 bits per heavy atom. The van der Waals surface area contributed by atoms with Crippen LogP contribution in [0.2, 0.25) is 9.36 Å². The number of sulfonamides is 1. The van der Waals surface area contributed by atoms with Crippen LogP contribution in [0.1, 0.15) is 15.9 Å². The molecule has 27 heavy (non-hydrogen) atoms. The fourth-order valence-electron chi connectivity index (χ4n) is 2.27. The number of halogens is 2. The lowest BCUT2D eigenvalue weighted by Crippen LogP contribution is -2.22. The molecule has 2 N–H and O–H groups in total. The average molecular weight is 441 g/mol. The second-order valence-corrected chi connectivity index (χ2v) is 9.61. The Labute approximate surface area is 171 Å². The molecule has 3 aromatic rings. The van der Waals surface area contributed by atoms with Gasteiger partial charge >= 0.3 is 0 Å². The summed E-state index contributed by atoms with van der Waals surface area (Å²) in [5.74, 6) is -0.269. The molecular formula is C18H14Cl2N2O3S2. The van der Waals surface area contributed by atoms with E-state index in [1.807, 2.05) is 12.1 Å². The van der Waals surface area contributed by atoms with Gasteiger partial charge in [-0.1, -0.05) is 35.3 Å². The Kier molecular flexibility index (Phi) is 6.06. The van der Waals surface area contributed by atoms with E-state index in [0.29, 0.717) is 27.2 Å². The Bertz CT molecular complexity index is 1060. The molecular weight excluding hydrogens is 427 g/mol. The highest BCUT2D eigenvalue weighted by Gasteiger charge is 2.17. The van der Waals surface area contributed by atoms with Gasteiger partial charge in [-0.15, -0.1) is 11.3 Å². The molecule has 0 saturated carbocycles. The predicted octanol–water partition coefficient (Wildman–Crippen LogP) is 4.79. The van der Waals surface area contributed by atoms with Gasteiger partial charge in [0.25, 0.3) is 15.9 Å². The number of hydrogen-bond acceptors (Lipinski definition) is 4. The first kappa shape index (κ1) is 19.7. The van der Waals surface area contributed by atoms with E-state index in [0.717, 1.165) is 16.9 Å². The third-order valence-corrected chi connectivity index (χ3v) is 6.89. The fraction of sp³-hybridized carbons (Fsp3) is 0.0556. The van der Waals surface area contributed by atoms with Crippen LogP contribution in [0, 0.1) is 0 Å². The van der Waals surface area contributed by atoms with E-state index >= 15 is 0 Å². The van der Waals surface area contributed by atoms with Gasteiger partial charge in [-0.05, 0) is 54.1 Å². The van der Waals surface area contributed by atoms with Crippen LogP contribution in [0.4, 0.5) is 5.69 Å². The summed E-state index contributed by atoms with van der Waals surface area (Å²) in [6.45, 7) is 0.340. The van der Waals surface area contributed by atoms with Crippen LogP contribution in [-0.4, -0.2) is 14.3 Å². The van der Waals surface area contributed by atoms with Gasteiger partial charge in [0.1, 0.15) is 4.21 Å². The Hall–Kier alpha value is -2.06. The van der Waals surface area contributed by atoms with Crippen molar-refractivity contribution in [3.05, 3.63) is 81.1 Å². The molecule has 0 unspecified atom stereocenters. The average Bonchev–Trinajstić information content (AvgIpc) is 3.07. The highest BCUT2D eigenvalue weighted by molar-refractivity contribution is 7.94. The lowest BCUT2D eigenvalue weighted by Gasteiger charge is -2.08. The molecule has 0 saturated heterocycles. The summed E-state index contributed by atoms with van der Waals surface area (Å²) in [6, 6.07) is 16.3. The van der Waals surface area contributed by atoms with Gasteiger partial charge in [0.2, 0.25) is 0 Å². The number of thiophene rings is 1. The van der Waals surface area contributed by atoms with Crippen LogP contribution in [-0.2, 0) is 16.6 Å². The molecule has 2 aromatic carbocycles. The van der Waals surface area contributed by atoms with Crippen LogP contribution in [0.3, 0.4) is 0 Å². The first-order chi connectivity index (χ1) is 12.8. The largest absolute Gasteiger partial charge is 0.348 e. The molecule has 0 radical (unpaired) electrons. The minimum atomic E-state index is -3.70. The third kappa shape index (κ3) is 5.23. The van der Waals surface area contributed by atoms with Crippen LogP contribution in [0.15, 0.2) is 64.9 Å². The van der Waals surface area contributed by atoms with Crippen molar-refractivity contribution in [3.8, 4) is 0 Å². The fourth-order valence-corrected chi connectivity index (χ4v) is 5.02. The molecule has 0 aliphatic carbocycles. The van der Waals surface area contributed by atoms with Crippen LogP contribution in [0.25, 0.3) is 0 Å². The van der Waals surface area contributed by atoms with Crippen molar-refractivity contribution >= 4 is 56.2 Å². The zero-order chi connectivity index (χ0) is 19.4. The van der Waals surface area contributed by atoms with E-state index in [9.17, 15) is 13.2 Å². The smallest absolute Gasteiger partial charge is 0.271 e. The topological polar surface area (TPSA) is 75.3 Å². The second-order valence-electron chi connectivity index (χ2n) is 5.55. The number of anilines is 1. The molecule has 3 rings (SSSR count). The first-order valence-corrected chi connectivity index (χ1v) is 10.8. The standard InChI is InChI=1S/C18H14Cl2N2O3S2/c19-14-3-1-2-12(10-14)11-21-18(23)13-4-6-15(7-5-13)22-27(24,25)17-9-8-16(20)26-17/h1-10,22H,11H2,(H,21,23). The Balaban J connectivity index is 1.63. The SMILES string of the molecule is O=C(NCc1cccc(Cl)c1)c1ccc(NS(=O)(=O)c2ccc(Cl)s2)cc1. The lowest BCUT2D eigenvalue weighted by molar-refractivity contribution is 0.0951. The minimum Gasteiger partial charge on any atom is -0.348 e. The molecule has 0 spiro atoms. The summed E-state index contributed by atoms with van der Waals surface area (Å²) < 4.78 is 27.5. The van der Waals surface area contributed by atoms with Crippen molar-refractivity contribution < 1.29 is 13.2 Å². The molecule has 140 valence electrons. The monoisotopic (exact) mass is 440 g/mol. The van der Waals surface area contributed by atoms with Crippen molar-refractivity contribution in [1.82, 2.24) is 5.32 Å². The zero-order valence-corrected chi connectivity index (χ0v) is 16.9. The zero-order valence-electron chi connectivity index (χ0n) is 13.8. The number of nitrogens with one attached hydrogen (secondary N) is 2. The van der Waals surface area contributed by atoms with Crippen molar-refractivity contribution in [1.29, 1.82) is 0 Å². The van der Waals surface area contributed by atoms with Gasteiger partial charge in [-0.3, -0.25) is 9.52 Å². The van der Waals surface area contributed by atoms with E-state index in [2.05, 4.69) is 10.0 Å². The van der Waals surface area contributed by atoms with E-state index in [1.165, 1.54) is 24.3 Å². The normalized spacial score (nSPS) is 11.2. The summed E-state index contributed by atoms with van der Waals surface area (Å²) in [6.07, 6.45) is 0. The molecule has 1 aromatic heterocycles. The number of hydrogen-bond donors (Lipinski definition) is 2. The van der Waals surface area contributed by atoms with Gasteiger partial charge < -0.3 is 5.32 Å². The molecule has 0 aliphatic heterocycles. The first-order valence-electron chi connectivity index (χ1n) is 7.74. The summed E-state index contributed by atoms with van der Waals surface area (Å²) in [7, 11) is -3.70. The molecule has 0 atom stereocenters. The molecule has 9 heteroatoms. The van der Waals surface area contributed by atoms with E-state index < -0.39 is 10.0 Å². The summed E-state index contributed by atoms with van der Waals surface area (Å²) in [5.41, 5.74) is 1.65. The number of rotatable bonds is 6. The lowest BCUT2D eigenvalue weighted by atomic mass is 10.2. The van der Waals surface area contributed by atoms with Crippen molar-refractivity contribution in [2.75, 3.05) is 4.72 Å². The van der Waals surface area contributed by atoms with Crippen LogP contribution in [0.5, 0.6) is 0 Å². The van der Waals surface area contributed by atoms with Gasteiger partial charge in [0.15, 0.2) is 0 Å². The van der Waals surface area contributed by atoms with E-state index in [4.69, 9.17) is 23.2 Å². The Morgan fingerprint density at radius 1 is 1.00 bits per heavy atom. The number of benzene rings is 2. The maximum atomic E-state index is 12.3. The van der Waals surface area contributed by atoms with Crippen molar-refractivity contribution in [2.45, 2.75) is 10.8 Å². The van der Waals surface area contributed by atoms with Gasteiger partial charge in [0, 0.05) is 22.8 Å². The van der Waals surface area contributed by atoms with Crippen LogP contribution >= 0.6 is 34.5 Å². The molecule has 0 aliphatic rings. The van der Waals surface area contributed by atoms with E-state index in [-0.39, 0.29) is 10.1 Å². The summed E-state index contributed by atoms with van der Waals surface area (Å²) in [4.78, 5) is 12.2. The maximum absolute atomic E-state index is 12.3. The molecule has 0 bridgehead atoms. The number of carbonyl (C=O) groups is 1. The van der Waals surface area contributed by atoms with Crippen molar-refractivity contribution in [3.63, 3.8) is 0 Å². The van der Waals surface area contributed by atoms with Crippen LogP contribution < -0.4 is 10.0 Å². The highest BCUT2D eigenvalue weighted by Crippen LogP contribution is 2.27. The van der Waals surface area contributed by atoms with E-state index in [1.54, 1.807) is 24.3 Å². The molecule has 5 nitrogen and oxygen atoms in total. The molecule has 1 heterocycles. The molecule has 1 amide bonds. The van der Waals surface area contributed by atoms with Crippen molar-refractivity contribution in [2.24, 2.45) is 0 Å².